The van der Waals surface area contributed by atoms with Crippen LogP contribution in [0.5, 0.6) is 0 Å². The van der Waals surface area contributed by atoms with Gasteiger partial charge in [-0.05, 0) is 15.9 Å². The van der Waals surface area contributed by atoms with Crippen LogP contribution in [0.15, 0.2) is 15.6 Å². The molecule has 0 aliphatic heterocycles. The van der Waals surface area contributed by atoms with E-state index in [2.05, 4.69) is 25.9 Å². The molecule has 4 nitrogen and oxygen atoms in total. The van der Waals surface area contributed by atoms with Crippen molar-refractivity contribution in [2.75, 3.05) is 0 Å². The van der Waals surface area contributed by atoms with Crippen LogP contribution in [-0.4, -0.2) is 9.97 Å². The molecule has 0 radical (unpaired) electrons. The molecule has 1 aromatic heterocycles. The Balaban J connectivity index is 3.40. The smallest absolute Gasteiger partial charge is 0.284 e. The average Bonchev–Trinajstić information content (AvgIpc) is 1.94. The maximum atomic E-state index is 10.6. The number of H-pyrrole nitrogens is 1. The van der Waals surface area contributed by atoms with Crippen molar-refractivity contribution in [2.24, 2.45) is 0 Å². The molecule has 0 atom stereocenters. The molecule has 0 spiro atoms. The Morgan fingerprint density at radius 2 is 2.50 bits per heavy atom. The monoisotopic (exact) mass is 199 g/mol. The number of aromatic nitrogens is 2. The van der Waals surface area contributed by atoms with Crippen LogP contribution in [0.1, 0.15) is 5.69 Å². The molecule has 50 valence electrons. The summed E-state index contributed by atoms with van der Waals surface area (Å²) in [5.41, 5.74) is -0.597. The van der Waals surface area contributed by atoms with Gasteiger partial charge in [0.05, 0.1) is 0 Å². The van der Waals surface area contributed by atoms with Crippen LogP contribution in [-0.2, 0) is 0 Å². The van der Waals surface area contributed by atoms with Gasteiger partial charge >= 0.3 is 0 Å². The van der Waals surface area contributed by atoms with Crippen LogP contribution < -0.4 is 5.56 Å². The highest BCUT2D eigenvalue weighted by molar-refractivity contribution is 9.10. The Labute approximate surface area is 64.7 Å². The third-order valence-electron chi connectivity index (χ3n) is 0.862. The number of hydrogen-bond acceptors (Lipinski definition) is 3. The highest BCUT2D eigenvalue weighted by Gasteiger charge is 1.97. The Kier molecular flexibility index (Phi) is 1.83. The highest BCUT2D eigenvalue weighted by atomic mass is 79.9. The zero-order valence-electron chi connectivity index (χ0n) is 4.76. The van der Waals surface area contributed by atoms with Gasteiger partial charge in [0.1, 0.15) is 10.7 Å². The fourth-order valence-electron chi connectivity index (χ4n) is 0.459. The summed E-state index contributed by atoms with van der Waals surface area (Å²) in [6, 6.07) is 1.65. The quantitative estimate of drug-likeness (QED) is 0.658. The summed E-state index contributed by atoms with van der Waals surface area (Å²) >= 11 is 3.00. The van der Waals surface area contributed by atoms with Crippen molar-refractivity contribution in [1.82, 2.24) is 9.97 Å². The first-order chi connectivity index (χ1) is 4.74. The predicted molar refractivity (Wildman–Crippen MR) is 37.3 cm³/mol. The number of aromatic amines is 1. The second-order valence-corrected chi connectivity index (χ2v) is 2.33. The van der Waals surface area contributed by atoms with Crippen molar-refractivity contribution in [3.05, 3.63) is 26.8 Å². The van der Waals surface area contributed by atoms with Gasteiger partial charge in [-0.2, -0.15) is 5.26 Å². The van der Waals surface area contributed by atoms with Crippen molar-refractivity contribution in [1.29, 1.82) is 5.26 Å². The van der Waals surface area contributed by atoms with E-state index in [1.807, 2.05) is 0 Å². The first-order valence-electron chi connectivity index (χ1n) is 2.39. The minimum Gasteiger partial charge on any atom is -0.324 e. The Morgan fingerprint density at radius 1 is 1.80 bits per heavy atom. The average molecular weight is 200 g/mol. The van der Waals surface area contributed by atoms with Crippen LogP contribution >= 0.6 is 15.9 Å². The third-order valence-corrected chi connectivity index (χ3v) is 1.27. The lowest BCUT2D eigenvalue weighted by Gasteiger charge is -1.86. The van der Waals surface area contributed by atoms with Crippen molar-refractivity contribution in [3.8, 4) is 6.07 Å². The second-order valence-electron chi connectivity index (χ2n) is 1.51. The topological polar surface area (TPSA) is 69.5 Å². The van der Waals surface area contributed by atoms with Crippen LogP contribution in [0.2, 0.25) is 0 Å². The summed E-state index contributed by atoms with van der Waals surface area (Å²) in [5.74, 6) is 0. The first-order valence-corrected chi connectivity index (χ1v) is 3.18. The van der Waals surface area contributed by atoms with Gasteiger partial charge in [0.2, 0.25) is 5.69 Å². The van der Waals surface area contributed by atoms with Crippen LogP contribution in [0.25, 0.3) is 0 Å². The molecule has 0 aliphatic rings. The maximum absolute atomic E-state index is 10.6. The van der Waals surface area contributed by atoms with Gasteiger partial charge in [-0.1, -0.05) is 0 Å². The molecule has 0 unspecified atom stereocenters. The molecule has 1 heterocycles. The Morgan fingerprint density at radius 3 is 3.00 bits per heavy atom. The Bertz CT molecular complexity index is 337. The summed E-state index contributed by atoms with van der Waals surface area (Å²) in [6.07, 6.45) is 1.38. The fourth-order valence-corrected chi connectivity index (χ4v) is 0.751. The van der Waals surface area contributed by atoms with Gasteiger partial charge < -0.3 is 4.98 Å². The summed E-state index contributed by atoms with van der Waals surface area (Å²) in [4.78, 5) is 16.6. The molecule has 1 rings (SSSR count). The number of nitriles is 1. The highest BCUT2D eigenvalue weighted by Crippen LogP contribution is 1.99. The van der Waals surface area contributed by atoms with E-state index < -0.39 is 5.56 Å². The molecule has 0 fully saturated rings. The molecule has 10 heavy (non-hydrogen) atoms. The molecular weight excluding hydrogens is 198 g/mol. The molecule has 0 saturated carbocycles. The van der Waals surface area contributed by atoms with Gasteiger partial charge in [0.15, 0.2) is 0 Å². The van der Waals surface area contributed by atoms with E-state index in [1.165, 1.54) is 6.20 Å². The summed E-state index contributed by atoms with van der Waals surface area (Å²) in [5, 5.41) is 8.29. The van der Waals surface area contributed by atoms with E-state index in [1.54, 1.807) is 6.07 Å². The van der Waals surface area contributed by atoms with Crippen molar-refractivity contribution in [3.63, 3.8) is 0 Å². The number of rotatable bonds is 0. The van der Waals surface area contributed by atoms with E-state index in [0.717, 1.165) is 0 Å². The summed E-state index contributed by atoms with van der Waals surface area (Å²) in [7, 11) is 0. The molecule has 0 bridgehead atoms. The molecule has 0 aromatic carbocycles. The number of halogens is 1. The zero-order chi connectivity index (χ0) is 7.56. The number of nitrogens with zero attached hydrogens (tertiary/aromatic N) is 2. The SMILES string of the molecule is N#Cc1nc(Br)c[nH]c1=O. The normalized spacial score (nSPS) is 8.80. The fraction of sp³-hybridized carbons (Fsp3) is 0. The predicted octanol–water partition coefficient (Wildman–Crippen LogP) is 0.404. The summed E-state index contributed by atoms with van der Waals surface area (Å²) in [6.45, 7) is 0. The lowest BCUT2D eigenvalue weighted by Crippen LogP contribution is -2.11. The van der Waals surface area contributed by atoms with E-state index in [4.69, 9.17) is 5.26 Å². The minimum absolute atomic E-state index is 0.130. The first kappa shape index (κ1) is 6.96. The number of nitrogens with one attached hydrogen (secondary N) is 1. The lowest BCUT2D eigenvalue weighted by molar-refractivity contribution is 1.08. The standard InChI is InChI=1S/C5H2BrN3O/c6-4-2-8-5(10)3(1-7)9-4/h2H,(H,8,10). The van der Waals surface area contributed by atoms with Gasteiger partial charge in [-0.3, -0.25) is 4.79 Å². The number of hydrogen-bond donors (Lipinski definition) is 1. The van der Waals surface area contributed by atoms with Crippen LogP contribution in [0.4, 0.5) is 0 Å². The minimum atomic E-state index is -0.467. The van der Waals surface area contributed by atoms with Crippen LogP contribution in [0, 0.1) is 11.3 Å². The molecule has 1 N–H and O–H groups in total. The van der Waals surface area contributed by atoms with E-state index >= 15 is 0 Å². The molecule has 0 amide bonds. The van der Waals surface area contributed by atoms with E-state index in [-0.39, 0.29) is 5.69 Å². The van der Waals surface area contributed by atoms with Gasteiger partial charge in [0, 0.05) is 6.20 Å². The zero-order valence-corrected chi connectivity index (χ0v) is 6.34. The van der Waals surface area contributed by atoms with E-state index in [9.17, 15) is 4.79 Å². The van der Waals surface area contributed by atoms with Gasteiger partial charge in [-0.25, -0.2) is 4.98 Å². The van der Waals surface area contributed by atoms with Crippen molar-refractivity contribution >= 4 is 15.9 Å². The van der Waals surface area contributed by atoms with Crippen molar-refractivity contribution < 1.29 is 0 Å². The Hall–Kier alpha value is -1.15. The molecule has 1 aromatic rings. The molecule has 5 heteroatoms. The largest absolute Gasteiger partial charge is 0.324 e. The summed E-state index contributed by atoms with van der Waals surface area (Å²) < 4.78 is 0.448. The van der Waals surface area contributed by atoms with E-state index in [0.29, 0.717) is 4.60 Å². The van der Waals surface area contributed by atoms with Gasteiger partial charge in [0.25, 0.3) is 5.56 Å². The molecule has 0 aliphatic carbocycles. The van der Waals surface area contributed by atoms with Crippen molar-refractivity contribution in [2.45, 2.75) is 0 Å². The molecule has 0 saturated heterocycles. The van der Waals surface area contributed by atoms with Gasteiger partial charge in [-0.15, -0.1) is 0 Å². The third kappa shape index (κ3) is 1.22. The second kappa shape index (κ2) is 2.62. The molecular formula is C5H2BrN3O. The maximum Gasteiger partial charge on any atom is 0.284 e. The van der Waals surface area contributed by atoms with Crippen LogP contribution in [0.3, 0.4) is 0 Å². The lowest BCUT2D eigenvalue weighted by atomic mass is 10.5.